The number of benzene rings is 1. The van der Waals surface area contributed by atoms with Gasteiger partial charge in [-0.25, -0.2) is 0 Å². The quantitative estimate of drug-likeness (QED) is 0.772. The van der Waals surface area contributed by atoms with E-state index in [0.717, 1.165) is 37.0 Å². The molecule has 1 aromatic carbocycles. The number of fused-ring (bicyclic) bond motifs is 3. The first kappa shape index (κ1) is 12.3. The maximum Gasteiger partial charge on any atom is 0.270 e. The van der Waals surface area contributed by atoms with Gasteiger partial charge in [0, 0.05) is 24.5 Å². The van der Waals surface area contributed by atoms with Gasteiger partial charge in [0.2, 0.25) is 0 Å². The fraction of sp³-hybridized carbons (Fsp3) is 0.438. The molecule has 1 amide bonds. The van der Waals surface area contributed by atoms with Gasteiger partial charge in [0.15, 0.2) is 0 Å². The molecule has 0 radical (unpaired) electrons. The van der Waals surface area contributed by atoms with Crippen molar-refractivity contribution in [3.05, 3.63) is 34.5 Å². The zero-order chi connectivity index (χ0) is 13.6. The summed E-state index contributed by atoms with van der Waals surface area (Å²) in [6.45, 7) is 5.08. The first-order valence-electron chi connectivity index (χ1n) is 6.96. The average Bonchev–Trinajstić information content (AvgIpc) is 2.77. The molecule has 3 nitrogen and oxygen atoms in total. The molecule has 1 aliphatic rings. The summed E-state index contributed by atoms with van der Waals surface area (Å²) < 4.78 is 0. The monoisotopic (exact) mass is 256 g/mol. The molecule has 0 aliphatic carbocycles. The first-order valence-corrected chi connectivity index (χ1v) is 6.96. The Labute approximate surface area is 113 Å². The lowest BCUT2D eigenvalue weighted by Crippen LogP contribution is -2.30. The molecule has 0 spiro atoms. The van der Waals surface area contributed by atoms with E-state index in [4.69, 9.17) is 0 Å². The van der Waals surface area contributed by atoms with Crippen molar-refractivity contribution in [1.82, 2.24) is 9.88 Å². The van der Waals surface area contributed by atoms with Gasteiger partial charge in [-0.05, 0) is 49.8 Å². The number of nitrogens with zero attached hydrogens (tertiary/aromatic N) is 1. The van der Waals surface area contributed by atoms with E-state index in [1.807, 2.05) is 11.9 Å². The molecule has 0 unspecified atom stereocenters. The van der Waals surface area contributed by atoms with Crippen LogP contribution >= 0.6 is 0 Å². The van der Waals surface area contributed by atoms with E-state index in [1.165, 1.54) is 22.1 Å². The van der Waals surface area contributed by atoms with Crippen LogP contribution in [-0.4, -0.2) is 29.4 Å². The van der Waals surface area contributed by atoms with Crippen LogP contribution in [0.4, 0.5) is 0 Å². The van der Waals surface area contributed by atoms with Crippen molar-refractivity contribution < 1.29 is 4.79 Å². The molecule has 0 saturated heterocycles. The van der Waals surface area contributed by atoms with E-state index in [0.29, 0.717) is 0 Å². The van der Waals surface area contributed by atoms with Crippen LogP contribution in [0.25, 0.3) is 10.9 Å². The highest BCUT2D eigenvalue weighted by Gasteiger charge is 2.23. The number of hydrogen-bond acceptors (Lipinski definition) is 1. The third-order valence-electron chi connectivity index (χ3n) is 4.21. The molecule has 100 valence electrons. The summed E-state index contributed by atoms with van der Waals surface area (Å²) in [5.41, 5.74) is 5.62. The number of aromatic amines is 1. The average molecular weight is 256 g/mol. The number of aryl methyl sites for hydroxylation is 3. The molecule has 2 heterocycles. The number of amides is 1. The number of H-pyrrole nitrogens is 1. The van der Waals surface area contributed by atoms with Crippen molar-refractivity contribution in [2.45, 2.75) is 33.1 Å². The summed E-state index contributed by atoms with van der Waals surface area (Å²) in [5.74, 6) is 0.129. The molecule has 1 aromatic heterocycles. The molecule has 0 fully saturated rings. The van der Waals surface area contributed by atoms with Gasteiger partial charge in [-0.3, -0.25) is 4.79 Å². The summed E-state index contributed by atoms with van der Waals surface area (Å²) in [6.07, 6.45) is 3.23. The Morgan fingerprint density at radius 1 is 1.16 bits per heavy atom. The molecule has 0 bridgehead atoms. The second-order valence-electron chi connectivity index (χ2n) is 5.61. The lowest BCUT2D eigenvalue weighted by Gasteiger charge is -2.20. The fourth-order valence-corrected chi connectivity index (χ4v) is 3.06. The maximum atomic E-state index is 12.5. The van der Waals surface area contributed by atoms with Crippen molar-refractivity contribution in [2.75, 3.05) is 13.6 Å². The molecule has 3 rings (SSSR count). The lowest BCUT2D eigenvalue weighted by atomic mass is 9.98. The van der Waals surface area contributed by atoms with Crippen LogP contribution in [-0.2, 0) is 6.42 Å². The van der Waals surface area contributed by atoms with Crippen LogP contribution in [0.3, 0.4) is 0 Å². The normalized spacial score (nSPS) is 16.4. The number of nitrogens with one attached hydrogen (secondary N) is 1. The van der Waals surface area contributed by atoms with E-state index >= 15 is 0 Å². The summed E-state index contributed by atoms with van der Waals surface area (Å²) in [5, 5.41) is 1.26. The predicted octanol–water partition coefficient (Wildman–Crippen LogP) is 3.19. The Morgan fingerprint density at radius 3 is 2.68 bits per heavy atom. The number of rotatable bonds is 0. The Bertz CT molecular complexity index is 654. The van der Waals surface area contributed by atoms with Crippen LogP contribution in [0.15, 0.2) is 12.1 Å². The summed E-state index contributed by atoms with van der Waals surface area (Å²) in [4.78, 5) is 17.7. The SMILES string of the molecule is Cc1ccc(C)c2c3c([nH]c12)C(=O)N(C)CCCC3. The Morgan fingerprint density at radius 2 is 1.89 bits per heavy atom. The topological polar surface area (TPSA) is 36.1 Å². The zero-order valence-electron chi connectivity index (χ0n) is 11.8. The highest BCUT2D eigenvalue weighted by atomic mass is 16.2. The smallest absolute Gasteiger partial charge is 0.270 e. The summed E-state index contributed by atoms with van der Waals surface area (Å²) in [7, 11) is 1.89. The van der Waals surface area contributed by atoms with Crippen LogP contribution < -0.4 is 0 Å². The van der Waals surface area contributed by atoms with Gasteiger partial charge in [0.05, 0.1) is 0 Å². The molecule has 1 N–H and O–H groups in total. The van der Waals surface area contributed by atoms with E-state index in [-0.39, 0.29) is 5.91 Å². The van der Waals surface area contributed by atoms with Crippen LogP contribution in [0, 0.1) is 13.8 Å². The highest BCUT2D eigenvalue weighted by molar-refractivity contribution is 6.02. The van der Waals surface area contributed by atoms with Crippen molar-refractivity contribution in [2.24, 2.45) is 0 Å². The van der Waals surface area contributed by atoms with Gasteiger partial charge < -0.3 is 9.88 Å². The standard InChI is InChI=1S/C16H20N2O/c1-10-7-8-11(2)14-13(10)12-6-4-5-9-18(3)16(19)15(12)17-14/h7-8,17H,4-6,9H2,1-3H3. The van der Waals surface area contributed by atoms with E-state index < -0.39 is 0 Å². The van der Waals surface area contributed by atoms with Crippen LogP contribution in [0.2, 0.25) is 0 Å². The minimum atomic E-state index is 0.129. The second kappa shape index (κ2) is 4.41. The van der Waals surface area contributed by atoms with Gasteiger partial charge in [-0.15, -0.1) is 0 Å². The Balaban J connectivity index is 2.31. The fourth-order valence-electron chi connectivity index (χ4n) is 3.06. The summed E-state index contributed by atoms with van der Waals surface area (Å²) in [6, 6.07) is 4.27. The largest absolute Gasteiger partial charge is 0.350 e. The van der Waals surface area contributed by atoms with Crippen molar-refractivity contribution >= 4 is 16.8 Å². The van der Waals surface area contributed by atoms with Gasteiger partial charge >= 0.3 is 0 Å². The summed E-state index contributed by atoms with van der Waals surface area (Å²) >= 11 is 0. The third kappa shape index (κ3) is 1.84. The third-order valence-corrected chi connectivity index (χ3v) is 4.21. The van der Waals surface area contributed by atoms with Crippen LogP contribution in [0.1, 0.15) is 40.0 Å². The molecular formula is C16H20N2O. The number of hydrogen-bond donors (Lipinski definition) is 1. The van der Waals surface area contributed by atoms with Gasteiger partial charge in [0.25, 0.3) is 5.91 Å². The zero-order valence-corrected chi connectivity index (χ0v) is 11.8. The van der Waals surface area contributed by atoms with E-state index in [1.54, 1.807) is 0 Å². The molecular weight excluding hydrogens is 236 g/mol. The second-order valence-corrected chi connectivity index (χ2v) is 5.61. The Hall–Kier alpha value is -1.77. The molecule has 0 saturated carbocycles. The highest BCUT2D eigenvalue weighted by Crippen LogP contribution is 2.31. The van der Waals surface area contributed by atoms with Crippen molar-refractivity contribution in [3.63, 3.8) is 0 Å². The lowest BCUT2D eigenvalue weighted by molar-refractivity contribution is 0.0783. The number of carbonyl (C=O) groups is 1. The molecule has 19 heavy (non-hydrogen) atoms. The predicted molar refractivity (Wildman–Crippen MR) is 77.7 cm³/mol. The maximum absolute atomic E-state index is 12.5. The number of carbonyl (C=O) groups excluding carboxylic acids is 1. The minimum Gasteiger partial charge on any atom is -0.350 e. The minimum absolute atomic E-state index is 0.129. The molecule has 1 aliphatic heterocycles. The Kier molecular flexibility index (Phi) is 2.85. The van der Waals surface area contributed by atoms with E-state index in [2.05, 4.69) is 31.0 Å². The van der Waals surface area contributed by atoms with Crippen LogP contribution in [0.5, 0.6) is 0 Å². The van der Waals surface area contributed by atoms with Crippen molar-refractivity contribution in [1.29, 1.82) is 0 Å². The molecule has 3 heteroatoms. The molecule has 2 aromatic rings. The van der Waals surface area contributed by atoms with Gasteiger partial charge in [0.1, 0.15) is 5.69 Å². The van der Waals surface area contributed by atoms with E-state index in [9.17, 15) is 4.79 Å². The first-order chi connectivity index (χ1) is 9.09. The van der Waals surface area contributed by atoms with Gasteiger partial charge in [-0.2, -0.15) is 0 Å². The molecule has 0 atom stereocenters. The van der Waals surface area contributed by atoms with Gasteiger partial charge in [-0.1, -0.05) is 12.1 Å². The number of aromatic nitrogens is 1. The van der Waals surface area contributed by atoms with Crippen molar-refractivity contribution in [3.8, 4) is 0 Å².